The number of hydrogen-bond acceptors (Lipinski definition) is 6. The molecule has 3 heterocycles. The van der Waals surface area contributed by atoms with Gasteiger partial charge in [0.05, 0.1) is 23.0 Å². The number of nitrogens with zero attached hydrogens (tertiary/aromatic N) is 5. The van der Waals surface area contributed by atoms with E-state index in [-0.39, 0.29) is 6.61 Å². The molecule has 1 atom stereocenters. The van der Waals surface area contributed by atoms with Crippen LogP contribution in [0.15, 0.2) is 72.0 Å². The second-order valence-electron chi connectivity index (χ2n) is 9.48. The molecule has 0 aliphatic carbocycles. The summed E-state index contributed by atoms with van der Waals surface area (Å²) in [5.41, 5.74) is 1.87. The van der Waals surface area contributed by atoms with E-state index in [1.165, 1.54) is 17.8 Å². The van der Waals surface area contributed by atoms with Gasteiger partial charge in [0.25, 0.3) is 0 Å². The molecule has 0 N–H and O–H groups in total. The molecule has 1 aliphatic rings. The summed E-state index contributed by atoms with van der Waals surface area (Å²) in [5.74, 6) is 0.558. The zero-order valence-corrected chi connectivity index (χ0v) is 22.9. The van der Waals surface area contributed by atoms with Gasteiger partial charge in [0.2, 0.25) is 0 Å². The van der Waals surface area contributed by atoms with Crippen LogP contribution < -0.4 is 0 Å². The van der Waals surface area contributed by atoms with Crippen LogP contribution in [0.4, 0.5) is 18.0 Å². The summed E-state index contributed by atoms with van der Waals surface area (Å²) in [6.07, 6.45) is 0.832. The summed E-state index contributed by atoms with van der Waals surface area (Å²) in [7, 11) is 1.76. The summed E-state index contributed by atoms with van der Waals surface area (Å²) in [4.78, 5) is 28.7. The fourth-order valence-electron chi connectivity index (χ4n) is 4.96. The number of imidazole rings is 1. The van der Waals surface area contributed by atoms with Crippen molar-refractivity contribution in [3.8, 4) is 22.6 Å². The first kappa shape index (κ1) is 27.7. The number of piperidine rings is 1. The average Bonchev–Trinajstić information content (AvgIpc) is 3.32. The Labute approximate surface area is 234 Å². The first-order valence-corrected chi connectivity index (χ1v) is 14.1. The summed E-state index contributed by atoms with van der Waals surface area (Å²) in [6, 6.07) is 15.9. The lowest BCUT2D eigenvalue weighted by Crippen LogP contribution is -2.39. The van der Waals surface area contributed by atoms with Gasteiger partial charge in [-0.05, 0) is 49.3 Å². The van der Waals surface area contributed by atoms with Crippen molar-refractivity contribution in [2.75, 3.05) is 12.8 Å². The van der Waals surface area contributed by atoms with Crippen molar-refractivity contribution in [3.05, 3.63) is 83.8 Å². The van der Waals surface area contributed by atoms with Gasteiger partial charge < -0.3 is 9.30 Å². The highest BCUT2D eigenvalue weighted by atomic mass is 32.2. The Morgan fingerprint density at radius 2 is 1.88 bits per heavy atom. The van der Waals surface area contributed by atoms with Gasteiger partial charge in [0, 0.05) is 25.4 Å². The lowest BCUT2D eigenvalue weighted by molar-refractivity contribution is -0.137. The van der Waals surface area contributed by atoms with Crippen LogP contribution in [0.3, 0.4) is 0 Å². The van der Waals surface area contributed by atoms with E-state index in [2.05, 4.69) is 9.97 Å². The van der Waals surface area contributed by atoms with E-state index in [0.717, 1.165) is 30.5 Å². The third-order valence-corrected chi connectivity index (χ3v) is 7.45. The molecule has 40 heavy (non-hydrogen) atoms. The van der Waals surface area contributed by atoms with Gasteiger partial charge in [-0.25, -0.2) is 19.7 Å². The fourth-order valence-corrected chi connectivity index (χ4v) is 5.31. The summed E-state index contributed by atoms with van der Waals surface area (Å²) < 4.78 is 48.3. The molecule has 1 aliphatic heterocycles. The van der Waals surface area contributed by atoms with Crippen molar-refractivity contribution in [2.45, 2.75) is 43.2 Å². The number of alkyl halides is 3. The molecule has 11 heteroatoms. The van der Waals surface area contributed by atoms with E-state index < -0.39 is 23.9 Å². The maximum atomic E-state index is 13.6. The first-order chi connectivity index (χ1) is 19.3. The van der Waals surface area contributed by atoms with Crippen LogP contribution in [0.2, 0.25) is 0 Å². The molecule has 0 saturated carbocycles. The minimum atomic E-state index is -4.50. The number of likely N-dealkylation sites (tertiary alicyclic amines) is 1. The minimum Gasteiger partial charge on any atom is -0.445 e. The minimum absolute atomic E-state index is 0.141. The lowest BCUT2D eigenvalue weighted by atomic mass is 10.0. The number of rotatable bonds is 6. The molecular formula is C29H28F3N5O2S. The molecule has 1 unspecified atom stereocenters. The monoisotopic (exact) mass is 567 g/mol. The summed E-state index contributed by atoms with van der Waals surface area (Å²) in [6.45, 7) is 0.631. The van der Waals surface area contributed by atoms with Crippen LogP contribution in [0, 0.1) is 0 Å². The van der Waals surface area contributed by atoms with Crippen LogP contribution in [0.5, 0.6) is 0 Å². The van der Waals surface area contributed by atoms with E-state index in [1.54, 1.807) is 34.8 Å². The SMILES string of the molecule is CSc1nccc(-c2nc(C3CCCCN3C(=O)OCc3ccccc3)n(C)c2-c2cccc(C(F)(F)F)c2)n1. The normalized spacial score (nSPS) is 15.7. The van der Waals surface area contributed by atoms with Gasteiger partial charge in [-0.15, -0.1) is 0 Å². The fraction of sp³-hybridized carbons (Fsp3) is 0.310. The number of hydrogen-bond donors (Lipinski definition) is 0. The predicted octanol–water partition coefficient (Wildman–Crippen LogP) is 7.15. The summed E-state index contributed by atoms with van der Waals surface area (Å²) in [5, 5.41) is 0.517. The molecular weight excluding hydrogens is 539 g/mol. The molecule has 1 fully saturated rings. The van der Waals surface area contributed by atoms with Crippen LogP contribution in [0.25, 0.3) is 22.6 Å². The van der Waals surface area contributed by atoms with Gasteiger partial charge in [0.1, 0.15) is 18.1 Å². The highest BCUT2D eigenvalue weighted by Gasteiger charge is 2.35. The maximum absolute atomic E-state index is 13.6. The second-order valence-corrected chi connectivity index (χ2v) is 10.3. The van der Waals surface area contributed by atoms with E-state index in [0.29, 0.717) is 46.6 Å². The Kier molecular flexibility index (Phi) is 8.11. The average molecular weight is 568 g/mol. The van der Waals surface area contributed by atoms with Crippen molar-refractivity contribution in [1.29, 1.82) is 0 Å². The van der Waals surface area contributed by atoms with Crippen LogP contribution in [-0.2, 0) is 24.6 Å². The van der Waals surface area contributed by atoms with Gasteiger partial charge in [-0.2, -0.15) is 13.2 Å². The zero-order valence-electron chi connectivity index (χ0n) is 22.1. The molecule has 0 spiro atoms. The number of thioether (sulfide) groups is 1. The Morgan fingerprint density at radius 3 is 2.62 bits per heavy atom. The van der Waals surface area contributed by atoms with Crippen molar-refractivity contribution in [3.63, 3.8) is 0 Å². The molecule has 7 nitrogen and oxygen atoms in total. The highest BCUT2D eigenvalue weighted by molar-refractivity contribution is 7.98. The topological polar surface area (TPSA) is 73.1 Å². The van der Waals surface area contributed by atoms with Crippen molar-refractivity contribution >= 4 is 17.9 Å². The smallest absolute Gasteiger partial charge is 0.416 e. The molecule has 2 aromatic heterocycles. The Balaban J connectivity index is 1.57. The lowest BCUT2D eigenvalue weighted by Gasteiger charge is -2.34. The number of carbonyl (C=O) groups is 1. The van der Waals surface area contributed by atoms with Gasteiger partial charge in [0.15, 0.2) is 5.16 Å². The van der Waals surface area contributed by atoms with Crippen LogP contribution in [0.1, 0.15) is 42.3 Å². The molecule has 0 radical (unpaired) electrons. The van der Waals surface area contributed by atoms with Crippen molar-refractivity contribution in [1.82, 2.24) is 24.4 Å². The van der Waals surface area contributed by atoms with Crippen molar-refractivity contribution in [2.24, 2.45) is 7.05 Å². The van der Waals surface area contributed by atoms with Crippen LogP contribution in [-0.4, -0.2) is 43.3 Å². The Hall–Kier alpha value is -3.86. The summed E-state index contributed by atoms with van der Waals surface area (Å²) >= 11 is 1.36. The number of ether oxygens (including phenoxy) is 1. The van der Waals surface area contributed by atoms with E-state index >= 15 is 0 Å². The molecule has 1 amide bonds. The third kappa shape index (κ3) is 5.84. The second kappa shape index (κ2) is 11.7. The van der Waals surface area contributed by atoms with Gasteiger partial charge in [-0.3, -0.25) is 4.90 Å². The zero-order chi connectivity index (χ0) is 28.3. The van der Waals surface area contributed by atoms with Crippen molar-refractivity contribution < 1.29 is 22.7 Å². The van der Waals surface area contributed by atoms with E-state index in [4.69, 9.17) is 9.72 Å². The Morgan fingerprint density at radius 1 is 1.07 bits per heavy atom. The molecule has 1 saturated heterocycles. The molecule has 208 valence electrons. The highest BCUT2D eigenvalue weighted by Crippen LogP contribution is 2.39. The molecule has 0 bridgehead atoms. The number of benzene rings is 2. The quantitative estimate of drug-likeness (QED) is 0.182. The molecule has 4 aromatic rings. The third-order valence-electron chi connectivity index (χ3n) is 6.89. The maximum Gasteiger partial charge on any atom is 0.416 e. The van der Waals surface area contributed by atoms with E-state index in [1.807, 2.05) is 36.6 Å². The molecule has 5 rings (SSSR count). The van der Waals surface area contributed by atoms with Gasteiger partial charge in [-0.1, -0.05) is 54.2 Å². The Bertz CT molecular complexity index is 1490. The first-order valence-electron chi connectivity index (χ1n) is 12.8. The van der Waals surface area contributed by atoms with E-state index in [9.17, 15) is 18.0 Å². The number of amides is 1. The van der Waals surface area contributed by atoms with Crippen LogP contribution >= 0.6 is 11.8 Å². The predicted molar refractivity (Wildman–Crippen MR) is 146 cm³/mol. The number of halogens is 3. The largest absolute Gasteiger partial charge is 0.445 e. The standard InChI is InChI=1S/C29H28F3N5O2S/c1-36-25(20-11-8-12-21(17-20)29(30,31)32)24(22-14-15-33-27(34-22)40-2)35-26(36)23-13-6-7-16-37(23)28(38)39-18-19-9-4-3-5-10-19/h3-5,8-12,14-15,17,23H,6-7,13,16,18H2,1-2H3. The van der Waals surface area contributed by atoms with Gasteiger partial charge >= 0.3 is 12.3 Å². The molecule has 2 aromatic carbocycles. The number of carbonyl (C=O) groups excluding carboxylic acids is 1. The number of aromatic nitrogens is 4.